The third-order valence-corrected chi connectivity index (χ3v) is 3.46. The maximum absolute atomic E-state index is 12.2. The number of carbonyl (C=O) groups excluding carboxylic acids is 2. The first-order chi connectivity index (χ1) is 11.2. The number of aliphatic carboxylic acids is 1. The zero-order valence-corrected chi connectivity index (χ0v) is 13.9. The molecule has 0 unspecified atom stereocenters. The van der Waals surface area contributed by atoms with Crippen molar-refractivity contribution in [3.63, 3.8) is 0 Å². The number of carboxylic acid groups (broad SMARTS) is 1. The summed E-state index contributed by atoms with van der Waals surface area (Å²) in [5.74, 6) is -1.70. The van der Waals surface area contributed by atoms with Crippen LogP contribution >= 0.6 is 0 Å². The lowest BCUT2D eigenvalue weighted by Gasteiger charge is -2.26. The van der Waals surface area contributed by atoms with Crippen molar-refractivity contribution in [1.29, 1.82) is 0 Å². The van der Waals surface area contributed by atoms with E-state index in [4.69, 9.17) is 9.47 Å². The monoisotopic (exact) mass is 335 g/mol. The second-order valence-corrected chi connectivity index (χ2v) is 6.62. The molecular weight excluding hydrogens is 314 g/mol. The number of benzene rings is 1. The smallest absolute Gasteiger partial charge is 0.411 e. The Bertz CT molecular complexity index is 622. The maximum atomic E-state index is 12.2. The minimum Gasteiger partial charge on any atom is -0.480 e. The number of nitrogens with zero attached hydrogens (tertiary/aromatic N) is 1. The van der Waals surface area contributed by atoms with Gasteiger partial charge in [0.15, 0.2) is 0 Å². The molecule has 1 aliphatic rings. The van der Waals surface area contributed by atoms with Gasteiger partial charge in [-0.15, -0.1) is 0 Å². The van der Waals surface area contributed by atoms with Crippen LogP contribution in [0.25, 0.3) is 0 Å². The van der Waals surface area contributed by atoms with Crippen LogP contribution in [0.5, 0.6) is 0 Å². The van der Waals surface area contributed by atoms with E-state index in [2.05, 4.69) is 0 Å². The molecule has 0 saturated carbocycles. The fourth-order valence-electron chi connectivity index (χ4n) is 2.43. The van der Waals surface area contributed by atoms with Crippen molar-refractivity contribution in [1.82, 2.24) is 4.90 Å². The summed E-state index contributed by atoms with van der Waals surface area (Å²) in [7, 11) is 0. The first kappa shape index (κ1) is 17.8. The molecule has 2 rings (SSSR count). The normalized spacial score (nSPS) is 20.5. The second kappa shape index (κ2) is 6.90. The molecular formula is C17H21NO6. The van der Waals surface area contributed by atoms with Crippen molar-refractivity contribution in [2.45, 2.75) is 44.9 Å². The van der Waals surface area contributed by atoms with Gasteiger partial charge in [0.25, 0.3) is 0 Å². The topological polar surface area (TPSA) is 93.1 Å². The Morgan fingerprint density at radius 1 is 1.17 bits per heavy atom. The molecule has 0 bridgehead atoms. The Morgan fingerprint density at radius 2 is 1.79 bits per heavy atom. The molecule has 130 valence electrons. The Labute approximate surface area is 140 Å². The average molecular weight is 335 g/mol. The van der Waals surface area contributed by atoms with Crippen molar-refractivity contribution in [3.05, 3.63) is 35.9 Å². The molecule has 1 aromatic carbocycles. The van der Waals surface area contributed by atoms with Crippen molar-refractivity contribution >= 4 is 18.0 Å². The van der Waals surface area contributed by atoms with E-state index >= 15 is 0 Å². The van der Waals surface area contributed by atoms with E-state index in [1.54, 1.807) is 51.1 Å². The van der Waals surface area contributed by atoms with Crippen LogP contribution in [-0.2, 0) is 14.3 Å². The summed E-state index contributed by atoms with van der Waals surface area (Å²) in [6.45, 7) is 5.08. The lowest BCUT2D eigenvalue weighted by atomic mass is 10.2. The summed E-state index contributed by atoms with van der Waals surface area (Å²) in [6.07, 6.45) is -1.38. The molecule has 1 saturated heterocycles. The number of rotatable bonds is 3. The van der Waals surface area contributed by atoms with E-state index < -0.39 is 35.8 Å². The van der Waals surface area contributed by atoms with Gasteiger partial charge in [0.1, 0.15) is 17.7 Å². The van der Waals surface area contributed by atoms with E-state index in [1.807, 2.05) is 0 Å². The van der Waals surface area contributed by atoms with Crippen LogP contribution < -0.4 is 0 Å². The summed E-state index contributed by atoms with van der Waals surface area (Å²) < 4.78 is 10.6. The Morgan fingerprint density at radius 3 is 2.33 bits per heavy atom. The highest BCUT2D eigenvalue weighted by Gasteiger charge is 2.43. The minimum absolute atomic E-state index is 0.00947. The predicted molar refractivity (Wildman–Crippen MR) is 84.6 cm³/mol. The standard InChI is InChI=1S/C17H21NO6/c1-17(2,3)24-16(22)18-10-12(9-13(18)14(19)20)23-15(21)11-7-5-4-6-8-11/h4-8,12-13H,9-10H2,1-3H3,(H,19,20)/t12-,13+/m1/s1. The van der Waals surface area contributed by atoms with Crippen LogP contribution in [0.2, 0.25) is 0 Å². The highest BCUT2D eigenvalue weighted by Crippen LogP contribution is 2.24. The number of amides is 1. The molecule has 1 aromatic rings. The Kier molecular flexibility index (Phi) is 5.11. The summed E-state index contributed by atoms with van der Waals surface area (Å²) in [5.41, 5.74) is -0.362. The molecule has 1 fully saturated rings. The van der Waals surface area contributed by atoms with Gasteiger partial charge in [-0.3, -0.25) is 4.90 Å². The van der Waals surface area contributed by atoms with E-state index in [9.17, 15) is 19.5 Å². The third-order valence-electron chi connectivity index (χ3n) is 3.46. The summed E-state index contributed by atoms with van der Waals surface area (Å²) in [4.78, 5) is 36.7. The van der Waals surface area contributed by atoms with Crippen LogP contribution in [0.4, 0.5) is 4.79 Å². The average Bonchev–Trinajstić information content (AvgIpc) is 2.90. The van der Waals surface area contributed by atoms with Gasteiger partial charge in [0.05, 0.1) is 12.1 Å². The summed E-state index contributed by atoms with van der Waals surface area (Å²) in [5, 5.41) is 9.31. The van der Waals surface area contributed by atoms with Gasteiger partial charge in [-0.25, -0.2) is 14.4 Å². The van der Waals surface area contributed by atoms with Crippen LogP contribution in [0.1, 0.15) is 37.6 Å². The fourth-order valence-corrected chi connectivity index (χ4v) is 2.43. The molecule has 24 heavy (non-hydrogen) atoms. The lowest BCUT2D eigenvalue weighted by Crippen LogP contribution is -2.43. The molecule has 1 amide bonds. The van der Waals surface area contributed by atoms with Gasteiger partial charge in [-0.1, -0.05) is 18.2 Å². The number of carboxylic acids is 1. The zero-order chi connectivity index (χ0) is 17.9. The highest BCUT2D eigenvalue weighted by molar-refractivity contribution is 5.89. The van der Waals surface area contributed by atoms with Gasteiger partial charge < -0.3 is 14.6 Å². The van der Waals surface area contributed by atoms with E-state index in [-0.39, 0.29) is 13.0 Å². The summed E-state index contributed by atoms with van der Waals surface area (Å²) in [6, 6.07) is 7.33. The molecule has 1 aliphatic heterocycles. The van der Waals surface area contributed by atoms with E-state index in [0.717, 1.165) is 4.90 Å². The lowest BCUT2D eigenvalue weighted by molar-refractivity contribution is -0.142. The predicted octanol–water partition coefficient (Wildman–Crippen LogP) is 2.31. The van der Waals surface area contributed by atoms with Crippen molar-refractivity contribution in [2.75, 3.05) is 6.54 Å². The molecule has 0 spiro atoms. The van der Waals surface area contributed by atoms with Gasteiger partial charge in [-0.05, 0) is 32.9 Å². The fraction of sp³-hybridized carbons (Fsp3) is 0.471. The van der Waals surface area contributed by atoms with Crippen molar-refractivity contribution < 1.29 is 29.0 Å². The van der Waals surface area contributed by atoms with Crippen LogP contribution in [0.15, 0.2) is 30.3 Å². The SMILES string of the molecule is CC(C)(C)OC(=O)N1C[C@H](OC(=O)c2ccccc2)C[C@H]1C(=O)O. The van der Waals surface area contributed by atoms with Crippen molar-refractivity contribution in [2.24, 2.45) is 0 Å². The molecule has 1 N–H and O–H groups in total. The third kappa shape index (κ3) is 4.47. The molecule has 7 heteroatoms. The molecule has 0 aliphatic carbocycles. The number of hydrogen-bond donors (Lipinski definition) is 1. The van der Waals surface area contributed by atoms with E-state index in [0.29, 0.717) is 5.56 Å². The number of likely N-dealkylation sites (tertiary alicyclic amines) is 1. The van der Waals surface area contributed by atoms with Gasteiger partial charge >= 0.3 is 18.0 Å². The molecule has 1 heterocycles. The molecule has 2 atom stereocenters. The first-order valence-corrected chi connectivity index (χ1v) is 7.66. The quantitative estimate of drug-likeness (QED) is 0.852. The minimum atomic E-state index is -1.15. The Hall–Kier alpha value is -2.57. The highest BCUT2D eigenvalue weighted by atomic mass is 16.6. The van der Waals surface area contributed by atoms with Gasteiger partial charge in [0.2, 0.25) is 0 Å². The van der Waals surface area contributed by atoms with Crippen LogP contribution in [0.3, 0.4) is 0 Å². The summed E-state index contributed by atoms with van der Waals surface area (Å²) >= 11 is 0. The number of hydrogen-bond acceptors (Lipinski definition) is 5. The zero-order valence-electron chi connectivity index (χ0n) is 13.9. The number of ether oxygens (including phenoxy) is 2. The first-order valence-electron chi connectivity index (χ1n) is 7.66. The van der Waals surface area contributed by atoms with Gasteiger partial charge in [-0.2, -0.15) is 0 Å². The Balaban J connectivity index is 2.05. The van der Waals surface area contributed by atoms with Gasteiger partial charge in [0, 0.05) is 6.42 Å². The molecule has 0 radical (unpaired) electrons. The molecule has 7 nitrogen and oxygen atoms in total. The van der Waals surface area contributed by atoms with Crippen LogP contribution in [-0.4, -0.2) is 52.3 Å². The number of carbonyl (C=O) groups is 3. The van der Waals surface area contributed by atoms with Crippen molar-refractivity contribution in [3.8, 4) is 0 Å². The van der Waals surface area contributed by atoms with Crippen LogP contribution in [0, 0.1) is 0 Å². The second-order valence-electron chi connectivity index (χ2n) is 6.62. The molecule has 0 aromatic heterocycles. The maximum Gasteiger partial charge on any atom is 0.411 e. The number of esters is 1. The van der Waals surface area contributed by atoms with E-state index in [1.165, 1.54) is 0 Å². The largest absolute Gasteiger partial charge is 0.480 e.